The molecule has 0 N–H and O–H groups in total. The molecule has 1 aliphatic heterocycles. The maximum absolute atomic E-state index is 11.7. The maximum atomic E-state index is 11.7. The Morgan fingerprint density at radius 1 is 1.23 bits per heavy atom. The summed E-state index contributed by atoms with van der Waals surface area (Å²) in [7, 11) is 3.30. The van der Waals surface area contributed by atoms with Gasteiger partial charge < -0.3 is 14.4 Å². The number of likely N-dealkylation sites (N-methyl/N-ethyl adjacent to an activating group) is 1. The molecule has 7 heteroatoms. The van der Waals surface area contributed by atoms with Crippen LogP contribution in [0.5, 0.6) is 0 Å². The molecule has 1 aliphatic rings. The first-order chi connectivity index (χ1) is 12.1. The molecule has 1 aromatic carbocycles. The Labute approximate surface area is 154 Å². The van der Waals surface area contributed by atoms with Crippen LogP contribution in [0.2, 0.25) is 0 Å². The van der Waals surface area contributed by atoms with Crippen LogP contribution in [0.3, 0.4) is 0 Å². The zero-order chi connectivity index (χ0) is 19.9. The van der Waals surface area contributed by atoms with E-state index in [0.29, 0.717) is 13.0 Å². The minimum atomic E-state index is -0.545. The molecule has 7 nitrogen and oxygen atoms in total. The van der Waals surface area contributed by atoms with Gasteiger partial charge in [-0.15, -0.1) is 0 Å². The largest absolute Gasteiger partial charge is 0.445 e. The molecule has 1 saturated heterocycles. The van der Waals surface area contributed by atoms with Crippen LogP contribution in [0.15, 0.2) is 30.3 Å². The molecule has 144 valence electrons. The zero-order valence-corrected chi connectivity index (χ0v) is 16.3. The Balaban J connectivity index is 0.000000289. The lowest BCUT2D eigenvalue weighted by Crippen LogP contribution is -2.42. The number of hydrogen-bond acceptors (Lipinski definition) is 5. The highest BCUT2D eigenvalue weighted by Gasteiger charge is 2.36. The second-order valence-corrected chi connectivity index (χ2v) is 6.99. The number of benzene rings is 1. The maximum Gasteiger partial charge on any atom is 0.418 e. The monoisotopic (exact) mass is 364 g/mol. The van der Waals surface area contributed by atoms with Crippen LogP contribution in [0.25, 0.3) is 0 Å². The molecule has 1 atom stereocenters. The highest BCUT2D eigenvalue weighted by molar-refractivity contribution is 5.95. The van der Waals surface area contributed by atoms with E-state index in [2.05, 4.69) is 4.74 Å². The molecule has 2 amide bonds. The van der Waals surface area contributed by atoms with Gasteiger partial charge in [0.15, 0.2) is 0 Å². The lowest BCUT2D eigenvalue weighted by Gasteiger charge is -2.30. The van der Waals surface area contributed by atoms with Gasteiger partial charge in [0, 0.05) is 19.6 Å². The normalized spacial score (nSPS) is 16.5. The van der Waals surface area contributed by atoms with Gasteiger partial charge in [-0.2, -0.15) is 0 Å². The van der Waals surface area contributed by atoms with Crippen molar-refractivity contribution in [3.8, 4) is 0 Å². The smallest absolute Gasteiger partial charge is 0.418 e. The molecule has 26 heavy (non-hydrogen) atoms. The molecular formula is C19H28N2O5. The Morgan fingerprint density at radius 3 is 2.19 bits per heavy atom. The van der Waals surface area contributed by atoms with Gasteiger partial charge in [-0.25, -0.2) is 14.4 Å². The third kappa shape index (κ3) is 6.06. The highest BCUT2D eigenvalue weighted by atomic mass is 16.6. The van der Waals surface area contributed by atoms with E-state index in [9.17, 15) is 14.4 Å². The fourth-order valence-corrected chi connectivity index (χ4v) is 2.04. The molecule has 0 aromatic heterocycles. The van der Waals surface area contributed by atoms with Crippen LogP contribution in [0, 0.1) is 0 Å². The van der Waals surface area contributed by atoms with Crippen LogP contribution >= 0.6 is 0 Å². The van der Waals surface area contributed by atoms with Crippen LogP contribution in [0.4, 0.5) is 9.59 Å². The van der Waals surface area contributed by atoms with Crippen LogP contribution in [-0.4, -0.2) is 53.6 Å². The van der Waals surface area contributed by atoms with Crippen molar-refractivity contribution in [2.45, 2.75) is 52.3 Å². The van der Waals surface area contributed by atoms with Gasteiger partial charge >= 0.3 is 18.2 Å². The van der Waals surface area contributed by atoms with Gasteiger partial charge in [0.25, 0.3) is 0 Å². The molecule has 0 unspecified atom stereocenters. The minimum Gasteiger partial charge on any atom is -0.445 e. The Hall–Kier alpha value is -2.57. The number of hydrogen-bond donors (Lipinski definition) is 0. The number of esters is 1. The highest BCUT2D eigenvalue weighted by Crippen LogP contribution is 2.14. The van der Waals surface area contributed by atoms with Crippen molar-refractivity contribution in [3.63, 3.8) is 0 Å². The van der Waals surface area contributed by atoms with Gasteiger partial charge in [-0.05, 0) is 32.8 Å². The van der Waals surface area contributed by atoms with Gasteiger partial charge in [-0.3, -0.25) is 4.90 Å². The third-order valence-corrected chi connectivity index (χ3v) is 4.09. The summed E-state index contributed by atoms with van der Waals surface area (Å²) in [5, 5.41) is 0. The van der Waals surface area contributed by atoms with Crippen molar-refractivity contribution in [2.24, 2.45) is 0 Å². The number of nitrogens with zero attached hydrogens (tertiary/aromatic N) is 2. The van der Waals surface area contributed by atoms with E-state index in [-0.39, 0.29) is 17.7 Å². The molecule has 2 rings (SSSR count). The predicted molar refractivity (Wildman–Crippen MR) is 97.5 cm³/mol. The molecule has 1 heterocycles. The van der Waals surface area contributed by atoms with Crippen molar-refractivity contribution >= 4 is 18.2 Å². The number of amides is 2. The summed E-state index contributed by atoms with van der Waals surface area (Å²) in [6, 6.07) is 9.29. The lowest BCUT2D eigenvalue weighted by atomic mass is 10.1. The molecule has 0 bridgehead atoms. The molecule has 0 saturated carbocycles. The third-order valence-electron chi connectivity index (χ3n) is 4.09. The van der Waals surface area contributed by atoms with Crippen molar-refractivity contribution < 1.29 is 23.9 Å². The van der Waals surface area contributed by atoms with Crippen molar-refractivity contribution in [3.05, 3.63) is 35.9 Å². The summed E-state index contributed by atoms with van der Waals surface area (Å²) < 4.78 is 9.53. The Kier molecular flexibility index (Phi) is 7.61. The van der Waals surface area contributed by atoms with Gasteiger partial charge in [0.2, 0.25) is 0 Å². The van der Waals surface area contributed by atoms with Crippen LogP contribution in [0.1, 0.15) is 39.7 Å². The first kappa shape index (κ1) is 21.5. The number of cyclic esters (lactones) is 2. The van der Waals surface area contributed by atoms with Gasteiger partial charge in [0.1, 0.15) is 12.6 Å². The molecule has 1 fully saturated rings. The quantitative estimate of drug-likeness (QED) is 0.607. The summed E-state index contributed by atoms with van der Waals surface area (Å²) in [4.78, 5) is 35.9. The number of carbonyl (C=O) groups is 3. The molecule has 0 aliphatic carbocycles. The lowest BCUT2D eigenvalue weighted by molar-refractivity contribution is -0.135. The van der Waals surface area contributed by atoms with E-state index in [4.69, 9.17) is 4.74 Å². The Bertz CT molecular complexity index is 625. The molecule has 0 radical (unpaired) electrons. The van der Waals surface area contributed by atoms with Crippen molar-refractivity contribution in [1.29, 1.82) is 0 Å². The Morgan fingerprint density at radius 2 is 1.81 bits per heavy atom. The van der Waals surface area contributed by atoms with Crippen molar-refractivity contribution in [2.75, 3.05) is 14.1 Å². The molecule has 0 spiro atoms. The second-order valence-electron chi connectivity index (χ2n) is 6.99. The molecular weight excluding hydrogens is 336 g/mol. The summed E-state index contributed by atoms with van der Waals surface area (Å²) in [6.45, 7) is 8.06. The van der Waals surface area contributed by atoms with E-state index < -0.39 is 12.1 Å². The first-order valence-electron chi connectivity index (χ1n) is 8.51. The number of rotatable bonds is 3. The van der Waals surface area contributed by atoms with Crippen molar-refractivity contribution in [1.82, 2.24) is 9.80 Å². The first-order valence-corrected chi connectivity index (χ1v) is 8.51. The summed E-state index contributed by atoms with van der Waals surface area (Å²) in [5.74, 6) is -0.435. The van der Waals surface area contributed by atoms with E-state index in [1.165, 1.54) is 4.90 Å². The van der Waals surface area contributed by atoms with E-state index >= 15 is 0 Å². The summed E-state index contributed by atoms with van der Waals surface area (Å²) in [5.41, 5.74) is 0.784. The average Bonchev–Trinajstić information content (AvgIpc) is 2.84. The van der Waals surface area contributed by atoms with E-state index in [1.807, 2.05) is 58.0 Å². The fourth-order valence-electron chi connectivity index (χ4n) is 2.04. The number of ether oxygens (including phenoxy) is 2. The minimum absolute atomic E-state index is 0.215. The standard InChI is InChI=1S/C13H19NO2.C6H9NO3/c1-13(2,3)14(4)12(15)16-10-11-8-6-5-7-9-11;1-3-4-5(8)10-6(9)7(4)2/h5-9H,10H2,1-4H3;4H,3H2,1-2H3/t;4-/m.0/s1. The van der Waals surface area contributed by atoms with Crippen LogP contribution < -0.4 is 0 Å². The fraction of sp³-hybridized carbons (Fsp3) is 0.526. The predicted octanol–water partition coefficient (Wildman–Crippen LogP) is 3.43. The van der Waals surface area contributed by atoms with Gasteiger partial charge in [0.05, 0.1) is 0 Å². The average molecular weight is 364 g/mol. The molecule has 1 aromatic rings. The summed E-state index contributed by atoms with van der Waals surface area (Å²) >= 11 is 0. The van der Waals surface area contributed by atoms with E-state index in [0.717, 1.165) is 5.56 Å². The number of carbonyl (C=O) groups excluding carboxylic acids is 3. The zero-order valence-electron chi connectivity index (χ0n) is 16.3. The van der Waals surface area contributed by atoms with E-state index in [1.54, 1.807) is 19.0 Å². The summed E-state index contributed by atoms with van der Waals surface area (Å²) in [6.07, 6.45) is -0.227. The SMILES string of the molecule is CC[C@H]1C(=O)OC(=O)N1C.CN(C(=O)OCc1ccccc1)C(C)(C)C. The topological polar surface area (TPSA) is 76.2 Å². The van der Waals surface area contributed by atoms with Gasteiger partial charge in [-0.1, -0.05) is 37.3 Å². The second kappa shape index (κ2) is 9.22. The van der Waals surface area contributed by atoms with Crippen LogP contribution in [-0.2, 0) is 20.9 Å².